The van der Waals surface area contributed by atoms with E-state index in [1.54, 1.807) is 0 Å². The van der Waals surface area contributed by atoms with Crippen molar-refractivity contribution in [3.8, 4) is 0 Å². The van der Waals surface area contributed by atoms with E-state index in [4.69, 9.17) is 0 Å². The summed E-state index contributed by atoms with van der Waals surface area (Å²) in [6, 6.07) is 4.88. The van der Waals surface area contributed by atoms with E-state index < -0.39 is 0 Å². The van der Waals surface area contributed by atoms with Crippen molar-refractivity contribution >= 4 is 21.6 Å². The van der Waals surface area contributed by atoms with E-state index in [2.05, 4.69) is 38.2 Å². The van der Waals surface area contributed by atoms with Crippen LogP contribution in [0.2, 0.25) is 0 Å². The van der Waals surface area contributed by atoms with Crippen molar-refractivity contribution in [3.63, 3.8) is 0 Å². The van der Waals surface area contributed by atoms with Gasteiger partial charge in [0.15, 0.2) is 0 Å². The molecule has 1 aliphatic heterocycles. The topological polar surface area (TPSA) is 18.5 Å². The lowest BCUT2D eigenvalue weighted by atomic mass is 10.2. The smallest absolute Gasteiger partial charge is 0.124 e. The van der Waals surface area contributed by atoms with Crippen molar-refractivity contribution in [2.45, 2.75) is 13.3 Å². The molecule has 3 nitrogen and oxygen atoms in total. The Morgan fingerprint density at radius 1 is 1.28 bits per heavy atom. The lowest BCUT2D eigenvalue weighted by Crippen LogP contribution is -2.52. The van der Waals surface area contributed by atoms with Crippen molar-refractivity contribution in [3.05, 3.63) is 28.5 Å². The monoisotopic (exact) mass is 315 g/mol. The molecule has 100 valence electrons. The Balaban J connectivity index is 1.93. The molecule has 0 radical (unpaired) electrons. The highest BCUT2D eigenvalue weighted by Gasteiger charge is 2.18. The van der Waals surface area contributed by atoms with Gasteiger partial charge in [-0.05, 0) is 40.5 Å². The standard InChI is InChI=1S/C13H19BrFN3/c1-2-5-16-18-8-6-17(7-9-18)13-4-3-11(15)10-12(13)14/h3-4,10,16H,2,5-9H2,1H3. The first-order chi connectivity index (χ1) is 8.70. The van der Waals surface area contributed by atoms with Gasteiger partial charge in [-0.25, -0.2) is 9.40 Å². The van der Waals surface area contributed by atoms with Crippen molar-refractivity contribution < 1.29 is 4.39 Å². The maximum atomic E-state index is 13.0. The molecule has 1 aliphatic rings. The van der Waals surface area contributed by atoms with Gasteiger partial charge in [-0.3, -0.25) is 5.43 Å². The molecule has 0 amide bonds. The Bertz CT molecular complexity index is 392. The van der Waals surface area contributed by atoms with Crippen LogP contribution in [-0.4, -0.2) is 37.7 Å². The van der Waals surface area contributed by atoms with Crippen LogP contribution in [0.5, 0.6) is 0 Å². The average molecular weight is 316 g/mol. The molecule has 5 heteroatoms. The fourth-order valence-electron chi connectivity index (χ4n) is 2.11. The Labute approximate surface area is 116 Å². The predicted octanol–water partition coefficient (Wildman–Crippen LogP) is 2.62. The van der Waals surface area contributed by atoms with Gasteiger partial charge in [-0.15, -0.1) is 0 Å². The molecule has 1 N–H and O–H groups in total. The predicted molar refractivity (Wildman–Crippen MR) is 76.2 cm³/mol. The normalized spacial score (nSPS) is 17.2. The molecular weight excluding hydrogens is 297 g/mol. The Morgan fingerprint density at radius 3 is 2.61 bits per heavy atom. The third-order valence-corrected chi connectivity index (χ3v) is 3.75. The highest BCUT2D eigenvalue weighted by Crippen LogP contribution is 2.27. The van der Waals surface area contributed by atoms with E-state index in [0.717, 1.165) is 49.3 Å². The van der Waals surface area contributed by atoms with Gasteiger partial charge in [-0.1, -0.05) is 6.92 Å². The zero-order chi connectivity index (χ0) is 13.0. The molecule has 0 bridgehead atoms. The summed E-state index contributed by atoms with van der Waals surface area (Å²) in [7, 11) is 0. The van der Waals surface area contributed by atoms with Crippen LogP contribution in [-0.2, 0) is 0 Å². The van der Waals surface area contributed by atoms with Crippen LogP contribution < -0.4 is 10.3 Å². The van der Waals surface area contributed by atoms with Gasteiger partial charge in [0, 0.05) is 37.2 Å². The second-order valence-corrected chi connectivity index (χ2v) is 5.33. The molecule has 2 rings (SSSR count). The number of nitrogens with one attached hydrogen (secondary N) is 1. The van der Waals surface area contributed by atoms with Crippen molar-refractivity contribution in [1.29, 1.82) is 0 Å². The molecule has 0 aromatic heterocycles. The molecule has 0 aliphatic carbocycles. The number of benzene rings is 1. The third kappa shape index (κ3) is 3.43. The molecule has 1 fully saturated rings. The van der Waals surface area contributed by atoms with E-state index in [0.29, 0.717) is 0 Å². The Hall–Kier alpha value is -0.650. The van der Waals surface area contributed by atoms with E-state index in [-0.39, 0.29) is 5.82 Å². The van der Waals surface area contributed by atoms with Crippen LogP contribution >= 0.6 is 15.9 Å². The highest BCUT2D eigenvalue weighted by atomic mass is 79.9. The van der Waals surface area contributed by atoms with Gasteiger partial charge in [0.1, 0.15) is 5.82 Å². The van der Waals surface area contributed by atoms with Gasteiger partial charge in [0.2, 0.25) is 0 Å². The minimum atomic E-state index is -0.200. The first kappa shape index (κ1) is 13.8. The molecule has 0 unspecified atom stereocenters. The summed E-state index contributed by atoms with van der Waals surface area (Å²) in [5, 5.41) is 2.26. The summed E-state index contributed by atoms with van der Waals surface area (Å²) in [4.78, 5) is 2.29. The van der Waals surface area contributed by atoms with Gasteiger partial charge < -0.3 is 4.90 Å². The molecule has 1 heterocycles. The molecule has 1 saturated heterocycles. The van der Waals surface area contributed by atoms with Gasteiger partial charge >= 0.3 is 0 Å². The maximum Gasteiger partial charge on any atom is 0.124 e. The van der Waals surface area contributed by atoms with Crippen LogP contribution in [0.4, 0.5) is 10.1 Å². The van der Waals surface area contributed by atoms with Gasteiger partial charge in [0.05, 0.1) is 5.69 Å². The van der Waals surface area contributed by atoms with Crippen LogP contribution in [0.3, 0.4) is 0 Å². The number of rotatable bonds is 4. The van der Waals surface area contributed by atoms with Crippen molar-refractivity contribution in [2.24, 2.45) is 0 Å². The minimum Gasteiger partial charge on any atom is -0.368 e. The molecular formula is C13H19BrFN3. The molecule has 0 spiro atoms. The molecule has 0 saturated carbocycles. The number of hydrogen-bond acceptors (Lipinski definition) is 3. The summed E-state index contributed by atoms with van der Waals surface area (Å²) in [6.45, 7) is 7.09. The van der Waals surface area contributed by atoms with Crippen LogP contribution in [0.15, 0.2) is 22.7 Å². The zero-order valence-electron chi connectivity index (χ0n) is 10.6. The summed E-state index contributed by atoms with van der Waals surface area (Å²) >= 11 is 3.43. The van der Waals surface area contributed by atoms with E-state index in [9.17, 15) is 4.39 Å². The summed E-state index contributed by atoms with van der Waals surface area (Å²) < 4.78 is 13.9. The van der Waals surface area contributed by atoms with Crippen LogP contribution in [0, 0.1) is 5.82 Å². The number of hydrogen-bond donors (Lipinski definition) is 1. The molecule has 18 heavy (non-hydrogen) atoms. The van der Waals surface area contributed by atoms with Crippen molar-refractivity contribution in [2.75, 3.05) is 37.6 Å². The first-order valence-electron chi connectivity index (χ1n) is 6.39. The SMILES string of the molecule is CCCNN1CCN(c2ccc(F)cc2Br)CC1. The fourth-order valence-corrected chi connectivity index (χ4v) is 2.71. The number of hydrazine groups is 1. The number of nitrogens with zero attached hydrogens (tertiary/aromatic N) is 2. The Kier molecular flexibility index (Phi) is 4.97. The second kappa shape index (κ2) is 6.50. The fraction of sp³-hybridized carbons (Fsp3) is 0.538. The van der Waals surface area contributed by atoms with Gasteiger partial charge in [0.25, 0.3) is 0 Å². The number of halogens is 2. The van der Waals surface area contributed by atoms with E-state index in [1.807, 2.05) is 6.07 Å². The largest absolute Gasteiger partial charge is 0.368 e. The number of anilines is 1. The first-order valence-corrected chi connectivity index (χ1v) is 7.18. The maximum absolute atomic E-state index is 13.0. The summed E-state index contributed by atoms with van der Waals surface area (Å²) in [6.07, 6.45) is 1.14. The Morgan fingerprint density at radius 2 is 2.00 bits per heavy atom. The minimum absolute atomic E-state index is 0.200. The van der Waals surface area contributed by atoms with E-state index in [1.165, 1.54) is 12.1 Å². The lowest BCUT2D eigenvalue weighted by molar-refractivity contribution is 0.177. The number of piperazine rings is 1. The summed E-state index contributed by atoms with van der Waals surface area (Å²) in [5.74, 6) is -0.200. The second-order valence-electron chi connectivity index (χ2n) is 4.48. The average Bonchev–Trinajstić information content (AvgIpc) is 2.37. The van der Waals surface area contributed by atoms with Crippen molar-refractivity contribution in [1.82, 2.24) is 10.4 Å². The molecule has 1 aromatic rings. The highest BCUT2D eigenvalue weighted by molar-refractivity contribution is 9.10. The summed E-state index contributed by atoms with van der Waals surface area (Å²) in [5.41, 5.74) is 4.48. The zero-order valence-corrected chi connectivity index (χ0v) is 12.2. The lowest BCUT2D eigenvalue weighted by Gasteiger charge is -2.36. The van der Waals surface area contributed by atoms with Crippen LogP contribution in [0.25, 0.3) is 0 Å². The molecule has 0 atom stereocenters. The third-order valence-electron chi connectivity index (χ3n) is 3.12. The quantitative estimate of drug-likeness (QED) is 0.921. The van der Waals surface area contributed by atoms with E-state index >= 15 is 0 Å². The molecule has 1 aromatic carbocycles. The van der Waals surface area contributed by atoms with Gasteiger partial charge in [-0.2, -0.15) is 0 Å². The van der Waals surface area contributed by atoms with Crippen LogP contribution in [0.1, 0.15) is 13.3 Å².